The Morgan fingerprint density at radius 3 is 2.24 bits per heavy atom. The number of carbonyl (C=O) groups is 2. The maximum atomic E-state index is 14.0. The van der Waals surface area contributed by atoms with Crippen LogP contribution in [0.25, 0.3) is 0 Å². The molecule has 8 nitrogen and oxygen atoms in total. The highest BCUT2D eigenvalue weighted by Gasteiger charge is 2.33. The van der Waals surface area contributed by atoms with Gasteiger partial charge in [0.05, 0.1) is 17.2 Å². The SMILES string of the molecule is CCOc1ccc(N(CC(=O)N(Cc2cccc(Cl)c2)[C@@H](C)C(=O)N[C@H](C)CC)S(=O)(=O)c2ccc(SC)cc2)cc1. The lowest BCUT2D eigenvalue weighted by molar-refractivity contribution is -0.139. The Labute approximate surface area is 258 Å². The van der Waals surface area contributed by atoms with Crippen LogP contribution in [0.4, 0.5) is 5.69 Å². The number of nitrogens with one attached hydrogen (secondary N) is 1. The van der Waals surface area contributed by atoms with E-state index in [2.05, 4.69) is 5.32 Å². The molecule has 0 aliphatic heterocycles. The standard InChI is InChI=1S/C31H38ClN3O5S2/c1-6-22(3)33-31(37)23(4)34(20-24-9-8-10-25(32)19-24)30(36)21-35(26-11-13-27(14-12-26)40-7-2)42(38,39)29-17-15-28(41-5)16-18-29/h8-19,22-23H,6-7,20-21H2,1-5H3,(H,33,37)/t22-,23+/m1/s1. The van der Waals surface area contributed by atoms with Crippen molar-refractivity contribution in [3.8, 4) is 5.75 Å². The number of ether oxygens (including phenoxy) is 1. The Kier molecular flexibility index (Phi) is 12.1. The molecule has 0 saturated heterocycles. The summed E-state index contributed by atoms with van der Waals surface area (Å²) in [6, 6.07) is 19.1. The van der Waals surface area contributed by atoms with Crippen molar-refractivity contribution in [1.82, 2.24) is 10.2 Å². The fourth-order valence-electron chi connectivity index (χ4n) is 4.16. The zero-order valence-electron chi connectivity index (χ0n) is 24.5. The molecular formula is C31H38ClN3O5S2. The van der Waals surface area contributed by atoms with Crippen molar-refractivity contribution in [3.63, 3.8) is 0 Å². The quantitative estimate of drug-likeness (QED) is 0.220. The first kappa shape index (κ1) is 33.3. The third-order valence-electron chi connectivity index (χ3n) is 6.77. The molecule has 2 amide bonds. The number of nitrogens with zero attached hydrogens (tertiary/aromatic N) is 2. The number of halogens is 1. The van der Waals surface area contributed by atoms with Crippen LogP contribution in [0.3, 0.4) is 0 Å². The minimum atomic E-state index is -4.17. The van der Waals surface area contributed by atoms with Crippen molar-refractivity contribution >= 4 is 50.9 Å². The van der Waals surface area contributed by atoms with Crippen molar-refractivity contribution in [2.75, 3.05) is 23.7 Å². The molecule has 42 heavy (non-hydrogen) atoms. The van der Waals surface area contributed by atoms with Crippen LogP contribution in [0.1, 0.15) is 39.7 Å². The third-order valence-corrected chi connectivity index (χ3v) is 9.54. The number of carbonyl (C=O) groups excluding carboxylic acids is 2. The van der Waals surface area contributed by atoms with Gasteiger partial charge in [-0.3, -0.25) is 13.9 Å². The molecule has 0 unspecified atom stereocenters. The van der Waals surface area contributed by atoms with E-state index in [4.69, 9.17) is 16.3 Å². The van der Waals surface area contributed by atoms with Crippen LogP contribution in [0.15, 0.2) is 82.6 Å². The molecule has 0 heterocycles. The summed E-state index contributed by atoms with van der Waals surface area (Å²) in [4.78, 5) is 29.6. The number of amides is 2. The van der Waals surface area contributed by atoms with E-state index in [1.807, 2.05) is 27.0 Å². The summed E-state index contributed by atoms with van der Waals surface area (Å²) < 4.78 is 34.6. The van der Waals surface area contributed by atoms with Crippen molar-refractivity contribution in [2.45, 2.75) is 62.5 Å². The fraction of sp³-hybridized carbons (Fsp3) is 0.355. The largest absolute Gasteiger partial charge is 0.494 e. The van der Waals surface area contributed by atoms with Crippen LogP contribution in [0.2, 0.25) is 5.02 Å². The Balaban J connectivity index is 2.03. The maximum absolute atomic E-state index is 14.0. The summed E-state index contributed by atoms with van der Waals surface area (Å²) in [6.45, 7) is 7.32. The molecular weight excluding hydrogens is 594 g/mol. The lowest BCUT2D eigenvalue weighted by Gasteiger charge is -2.32. The zero-order chi connectivity index (χ0) is 30.9. The van der Waals surface area contributed by atoms with E-state index in [1.54, 1.807) is 67.6 Å². The van der Waals surface area contributed by atoms with Crippen LogP contribution >= 0.6 is 23.4 Å². The summed E-state index contributed by atoms with van der Waals surface area (Å²) in [7, 11) is -4.17. The molecule has 3 aromatic rings. The van der Waals surface area contributed by atoms with Crippen LogP contribution in [0, 0.1) is 0 Å². The number of thioether (sulfide) groups is 1. The lowest BCUT2D eigenvalue weighted by Crippen LogP contribution is -2.52. The second-order valence-corrected chi connectivity index (χ2v) is 12.9. The summed E-state index contributed by atoms with van der Waals surface area (Å²) >= 11 is 7.70. The van der Waals surface area contributed by atoms with Gasteiger partial charge in [-0.2, -0.15) is 0 Å². The summed E-state index contributed by atoms with van der Waals surface area (Å²) in [5.41, 5.74) is 1.00. The van der Waals surface area contributed by atoms with E-state index >= 15 is 0 Å². The van der Waals surface area contributed by atoms with Gasteiger partial charge in [0.25, 0.3) is 10.0 Å². The van der Waals surface area contributed by atoms with E-state index in [-0.39, 0.29) is 23.4 Å². The number of hydrogen-bond acceptors (Lipinski definition) is 6. The average molecular weight is 632 g/mol. The van der Waals surface area contributed by atoms with Gasteiger partial charge >= 0.3 is 0 Å². The molecule has 2 atom stereocenters. The zero-order valence-corrected chi connectivity index (χ0v) is 26.9. The molecule has 0 spiro atoms. The highest BCUT2D eigenvalue weighted by atomic mass is 35.5. The normalized spacial score (nSPS) is 12.7. The molecule has 0 aliphatic rings. The van der Waals surface area contributed by atoms with Crippen molar-refractivity contribution in [2.24, 2.45) is 0 Å². The summed E-state index contributed by atoms with van der Waals surface area (Å²) in [5.74, 6) is -0.296. The molecule has 1 N–H and O–H groups in total. The number of benzene rings is 3. The first-order valence-corrected chi connectivity index (χ1v) is 16.8. The Morgan fingerprint density at radius 1 is 1.00 bits per heavy atom. The predicted octanol–water partition coefficient (Wildman–Crippen LogP) is 5.99. The van der Waals surface area contributed by atoms with Crippen LogP contribution in [-0.2, 0) is 26.2 Å². The van der Waals surface area contributed by atoms with Gasteiger partial charge in [0, 0.05) is 22.5 Å². The minimum Gasteiger partial charge on any atom is -0.494 e. The minimum absolute atomic E-state index is 0.0472. The third kappa shape index (κ3) is 8.65. The number of rotatable bonds is 14. The first-order chi connectivity index (χ1) is 20.0. The molecule has 0 radical (unpaired) electrons. The molecule has 11 heteroatoms. The molecule has 3 aromatic carbocycles. The van der Waals surface area contributed by atoms with Gasteiger partial charge in [-0.15, -0.1) is 11.8 Å². The molecule has 3 rings (SSSR count). The molecule has 0 aliphatic carbocycles. The second kappa shape index (κ2) is 15.3. The highest BCUT2D eigenvalue weighted by Crippen LogP contribution is 2.28. The topological polar surface area (TPSA) is 96.0 Å². The number of anilines is 1. The smallest absolute Gasteiger partial charge is 0.264 e. The number of sulfonamides is 1. The highest BCUT2D eigenvalue weighted by molar-refractivity contribution is 7.98. The second-order valence-electron chi connectivity index (χ2n) is 9.76. The van der Waals surface area contributed by atoms with Gasteiger partial charge in [-0.05, 0) is 99.7 Å². The monoisotopic (exact) mass is 631 g/mol. The molecule has 0 fully saturated rings. The van der Waals surface area contributed by atoms with Gasteiger partial charge < -0.3 is 15.0 Å². The van der Waals surface area contributed by atoms with Gasteiger partial charge in [0.15, 0.2) is 0 Å². The Morgan fingerprint density at radius 2 is 1.67 bits per heavy atom. The van der Waals surface area contributed by atoms with Crippen LogP contribution in [-0.4, -0.2) is 56.6 Å². The van der Waals surface area contributed by atoms with E-state index in [1.165, 1.54) is 28.8 Å². The van der Waals surface area contributed by atoms with E-state index in [9.17, 15) is 18.0 Å². The Hall–Kier alpha value is -3.21. The van der Waals surface area contributed by atoms with E-state index < -0.39 is 28.5 Å². The predicted molar refractivity (Wildman–Crippen MR) is 170 cm³/mol. The van der Waals surface area contributed by atoms with Crippen molar-refractivity contribution < 1.29 is 22.7 Å². The van der Waals surface area contributed by atoms with Crippen LogP contribution < -0.4 is 14.4 Å². The molecule has 226 valence electrons. The van der Waals surface area contributed by atoms with Gasteiger partial charge in [-0.1, -0.05) is 30.7 Å². The summed E-state index contributed by atoms with van der Waals surface area (Å²) in [5, 5.41) is 3.41. The van der Waals surface area contributed by atoms with Crippen molar-refractivity contribution in [1.29, 1.82) is 0 Å². The average Bonchev–Trinajstić information content (AvgIpc) is 2.98. The number of hydrogen-bond donors (Lipinski definition) is 1. The van der Waals surface area contributed by atoms with Crippen LogP contribution in [0.5, 0.6) is 5.75 Å². The summed E-state index contributed by atoms with van der Waals surface area (Å²) in [6.07, 6.45) is 2.63. The van der Waals surface area contributed by atoms with E-state index in [0.717, 1.165) is 15.6 Å². The lowest BCUT2D eigenvalue weighted by atomic mass is 10.1. The van der Waals surface area contributed by atoms with Gasteiger partial charge in [0.2, 0.25) is 11.8 Å². The van der Waals surface area contributed by atoms with Gasteiger partial charge in [0.1, 0.15) is 18.3 Å². The Bertz CT molecular complexity index is 1450. The molecule has 0 aromatic heterocycles. The maximum Gasteiger partial charge on any atom is 0.264 e. The van der Waals surface area contributed by atoms with Gasteiger partial charge in [-0.25, -0.2) is 8.42 Å². The van der Waals surface area contributed by atoms with E-state index in [0.29, 0.717) is 28.6 Å². The first-order valence-electron chi connectivity index (χ1n) is 13.7. The van der Waals surface area contributed by atoms with Crippen molar-refractivity contribution in [3.05, 3.63) is 83.4 Å². The molecule has 0 bridgehead atoms. The fourth-order valence-corrected chi connectivity index (χ4v) is 6.19. The molecule has 0 saturated carbocycles.